The summed E-state index contributed by atoms with van der Waals surface area (Å²) in [5.41, 5.74) is 6.55. The maximum Gasteiger partial charge on any atom is 0.236 e. The first-order valence-corrected chi connectivity index (χ1v) is 6.42. The minimum absolute atomic E-state index is 0.120. The highest BCUT2D eigenvalue weighted by molar-refractivity contribution is 9.10. The molecule has 1 atom stereocenters. The average Bonchev–Trinajstić information content (AvgIpc) is 2.26. The zero-order valence-corrected chi connectivity index (χ0v) is 12.0. The first kappa shape index (κ1) is 14.2. The van der Waals surface area contributed by atoms with E-state index < -0.39 is 6.04 Å². The largest absolute Gasteiger partial charge is 0.354 e. The molecule has 0 fully saturated rings. The second-order valence-electron chi connectivity index (χ2n) is 4.87. The number of nitrogens with two attached hydrogens (primary N) is 1. The highest BCUT2D eigenvalue weighted by Crippen LogP contribution is 2.29. The van der Waals surface area contributed by atoms with Crippen LogP contribution < -0.4 is 11.1 Å². The molecule has 17 heavy (non-hydrogen) atoms. The molecular weight excluding hydrogens is 280 g/mol. The number of hydrogen-bond donors (Lipinski definition) is 2. The fourth-order valence-corrected chi connectivity index (χ4v) is 2.40. The molecule has 0 spiro atoms. The molecule has 1 aromatic rings. The molecule has 0 aliphatic rings. The molecule has 94 valence electrons. The standard InChI is InChI=1S/C13H19BrN2O/c1-9(15)12(17)16-8-13(2,3)10-6-4-5-7-11(10)14/h4-7,9H,8,15H2,1-3H3,(H,16,17)/t9-/m1/s1. The Morgan fingerprint density at radius 2 is 2.06 bits per heavy atom. The third-order valence-corrected chi connectivity index (χ3v) is 3.41. The van der Waals surface area contributed by atoms with Gasteiger partial charge in [0.15, 0.2) is 0 Å². The molecule has 1 aromatic carbocycles. The first-order chi connectivity index (χ1) is 7.84. The van der Waals surface area contributed by atoms with Crippen LogP contribution in [0.25, 0.3) is 0 Å². The summed E-state index contributed by atoms with van der Waals surface area (Å²) in [6.07, 6.45) is 0. The molecular formula is C13H19BrN2O. The Bertz CT molecular complexity index is 402. The summed E-state index contributed by atoms with van der Waals surface area (Å²) >= 11 is 3.53. The van der Waals surface area contributed by atoms with E-state index in [2.05, 4.69) is 41.2 Å². The monoisotopic (exact) mass is 298 g/mol. The van der Waals surface area contributed by atoms with Gasteiger partial charge in [0.2, 0.25) is 5.91 Å². The lowest BCUT2D eigenvalue weighted by Crippen LogP contribution is -2.43. The number of amides is 1. The van der Waals surface area contributed by atoms with Gasteiger partial charge in [0.25, 0.3) is 0 Å². The van der Waals surface area contributed by atoms with Crippen molar-refractivity contribution in [2.24, 2.45) is 5.73 Å². The van der Waals surface area contributed by atoms with Gasteiger partial charge in [-0.15, -0.1) is 0 Å². The van der Waals surface area contributed by atoms with Crippen molar-refractivity contribution >= 4 is 21.8 Å². The molecule has 3 nitrogen and oxygen atoms in total. The van der Waals surface area contributed by atoms with Crippen LogP contribution in [0.2, 0.25) is 0 Å². The van der Waals surface area contributed by atoms with Gasteiger partial charge in [-0.2, -0.15) is 0 Å². The van der Waals surface area contributed by atoms with Crippen LogP contribution in [0.4, 0.5) is 0 Å². The molecule has 0 radical (unpaired) electrons. The molecule has 0 heterocycles. The molecule has 0 aromatic heterocycles. The van der Waals surface area contributed by atoms with Gasteiger partial charge in [-0.05, 0) is 18.6 Å². The number of carbonyl (C=O) groups is 1. The Morgan fingerprint density at radius 3 is 2.59 bits per heavy atom. The van der Waals surface area contributed by atoms with Crippen molar-refractivity contribution in [2.45, 2.75) is 32.2 Å². The molecule has 0 saturated heterocycles. The van der Waals surface area contributed by atoms with Crippen LogP contribution in [0.1, 0.15) is 26.3 Å². The lowest BCUT2D eigenvalue weighted by molar-refractivity contribution is -0.122. The van der Waals surface area contributed by atoms with Crippen molar-refractivity contribution in [1.82, 2.24) is 5.32 Å². The number of halogens is 1. The Kier molecular flexibility index (Phi) is 4.71. The normalized spacial score (nSPS) is 13.2. The Morgan fingerprint density at radius 1 is 1.47 bits per heavy atom. The van der Waals surface area contributed by atoms with Crippen LogP contribution in [0.3, 0.4) is 0 Å². The van der Waals surface area contributed by atoms with Crippen molar-refractivity contribution in [3.05, 3.63) is 34.3 Å². The van der Waals surface area contributed by atoms with Gasteiger partial charge in [-0.3, -0.25) is 4.79 Å². The SMILES string of the molecule is C[C@@H](N)C(=O)NCC(C)(C)c1ccccc1Br. The molecule has 0 aliphatic heterocycles. The maximum atomic E-state index is 11.5. The molecule has 0 saturated carbocycles. The summed E-state index contributed by atoms with van der Waals surface area (Å²) in [5, 5.41) is 2.86. The van der Waals surface area contributed by atoms with Gasteiger partial charge in [-0.1, -0.05) is 48.0 Å². The van der Waals surface area contributed by atoms with E-state index in [9.17, 15) is 4.79 Å². The highest BCUT2D eigenvalue weighted by Gasteiger charge is 2.23. The molecule has 0 bridgehead atoms. The molecule has 0 aliphatic carbocycles. The van der Waals surface area contributed by atoms with Crippen molar-refractivity contribution in [1.29, 1.82) is 0 Å². The Labute approximate surface area is 111 Å². The quantitative estimate of drug-likeness (QED) is 0.895. The van der Waals surface area contributed by atoms with E-state index in [0.717, 1.165) is 4.47 Å². The molecule has 3 N–H and O–H groups in total. The van der Waals surface area contributed by atoms with Crippen LogP contribution >= 0.6 is 15.9 Å². The highest BCUT2D eigenvalue weighted by atomic mass is 79.9. The fourth-order valence-electron chi connectivity index (χ4n) is 1.57. The molecule has 1 rings (SSSR count). The van der Waals surface area contributed by atoms with E-state index in [4.69, 9.17) is 5.73 Å². The average molecular weight is 299 g/mol. The van der Waals surface area contributed by atoms with Crippen molar-refractivity contribution in [3.8, 4) is 0 Å². The zero-order valence-electron chi connectivity index (χ0n) is 10.5. The number of rotatable bonds is 4. The summed E-state index contributed by atoms with van der Waals surface area (Å²) in [4.78, 5) is 11.5. The minimum Gasteiger partial charge on any atom is -0.354 e. The van der Waals surface area contributed by atoms with E-state index in [1.54, 1.807) is 6.92 Å². The van der Waals surface area contributed by atoms with Gasteiger partial charge in [0.05, 0.1) is 6.04 Å². The van der Waals surface area contributed by atoms with E-state index in [0.29, 0.717) is 6.54 Å². The first-order valence-electron chi connectivity index (χ1n) is 5.63. The van der Waals surface area contributed by atoms with Gasteiger partial charge in [0, 0.05) is 16.4 Å². The fraction of sp³-hybridized carbons (Fsp3) is 0.462. The zero-order chi connectivity index (χ0) is 13.1. The third-order valence-electron chi connectivity index (χ3n) is 2.72. The smallest absolute Gasteiger partial charge is 0.236 e. The van der Waals surface area contributed by atoms with E-state index >= 15 is 0 Å². The Balaban J connectivity index is 2.76. The summed E-state index contributed by atoms with van der Waals surface area (Å²) in [6.45, 7) is 6.43. The van der Waals surface area contributed by atoms with Gasteiger partial charge in [-0.25, -0.2) is 0 Å². The second-order valence-corrected chi connectivity index (χ2v) is 5.72. The van der Waals surface area contributed by atoms with E-state index in [1.807, 2.05) is 18.2 Å². The van der Waals surface area contributed by atoms with Crippen LogP contribution in [-0.2, 0) is 10.2 Å². The predicted molar refractivity (Wildman–Crippen MR) is 73.8 cm³/mol. The lowest BCUT2D eigenvalue weighted by atomic mass is 9.84. The van der Waals surface area contributed by atoms with Crippen LogP contribution in [0.5, 0.6) is 0 Å². The van der Waals surface area contributed by atoms with Crippen LogP contribution in [-0.4, -0.2) is 18.5 Å². The summed E-state index contributed by atoms with van der Waals surface area (Å²) in [7, 11) is 0. The van der Waals surface area contributed by atoms with Gasteiger partial charge >= 0.3 is 0 Å². The van der Waals surface area contributed by atoms with Crippen molar-refractivity contribution in [2.75, 3.05) is 6.54 Å². The number of nitrogens with one attached hydrogen (secondary N) is 1. The lowest BCUT2D eigenvalue weighted by Gasteiger charge is -2.27. The van der Waals surface area contributed by atoms with Crippen LogP contribution in [0, 0.1) is 0 Å². The molecule has 0 unspecified atom stereocenters. The molecule has 1 amide bonds. The van der Waals surface area contributed by atoms with E-state index in [-0.39, 0.29) is 11.3 Å². The summed E-state index contributed by atoms with van der Waals surface area (Å²) < 4.78 is 1.06. The van der Waals surface area contributed by atoms with Gasteiger partial charge < -0.3 is 11.1 Å². The van der Waals surface area contributed by atoms with Crippen molar-refractivity contribution in [3.63, 3.8) is 0 Å². The van der Waals surface area contributed by atoms with Gasteiger partial charge in [0.1, 0.15) is 0 Å². The number of benzene rings is 1. The number of carbonyl (C=O) groups excluding carboxylic acids is 1. The maximum absolute atomic E-state index is 11.5. The summed E-state index contributed by atoms with van der Waals surface area (Å²) in [6, 6.07) is 7.57. The second kappa shape index (κ2) is 5.65. The van der Waals surface area contributed by atoms with Crippen molar-refractivity contribution < 1.29 is 4.79 Å². The topological polar surface area (TPSA) is 55.1 Å². The van der Waals surface area contributed by atoms with E-state index in [1.165, 1.54) is 5.56 Å². The Hall–Kier alpha value is -0.870. The predicted octanol–water partition coefficient (Wildman–Crippen LogP) is 2.19. The van der Waals surface area contributed by atoms with Crippen LogP contribution in [0.15, 0.2) is 28.7 Å². The summed E-state index contributed by atoms with van der Waals surface area (Å²) in [5.74, 6) is -0.120. The minimum atomic E-state index is -0.468. The number of hydrogen-bond acceptors (Lipinski definition) is 2. The third kappa shape index (κ3) is 3.82. The molecule has 4 heteroatoms.